The molecule has 0 aliphatic heterocycles. The van der Waals surface area contributed by atoms with Gasteiger partial charge in [0.2, 0.25) is 0 Å². The molecule has 0 heterocycles. The lowest BCUT2D eigenvalue weighted by Gasteiger charge is -2.22. The lowest BCUT2D eigenvalue weighted by Crippen LogP contribution is -2.13. The minimum absolute atomic E-state index is 0.0462. The zero-order valence-electron chi connectivity index (χ0n) is 11.3. The number of ether oxygens (including phenoxy) is 1. The predicted octanol–water partition coefficient (Wildman–Crippen LogP) is 2.98. The van der Waals surface area contributed by atoms with Crippen molar-refractivity contribution < 1.29 is 23.1 Å². The van der Waals surface area contributed by atoms with E-state index in [4.69, 9.17) is 13.8 Å². The van der Waals surface area contributed by atoms with Crippen LogP contribution in [-0.4, -0.2) is 30.9 Å². The van der Waals surface area contributed by atoms with Gasteiger partial charge < -0.3 is 13.8 Å². The standard InChI is InChI=1S/C11H23O5P/c1-6-14-11(12)7-8-17(13,15-9(2)3)16-10(4)5/h9-10H,6-8H2,1-5H3. The van der Waals surface area contributed by atoms with Gasteiger partial charge in [-0.15, -0.1) is 0 Å². The van der Waals surface area contributed by atoms with Crippen LogP contribution in [0.1, 0.15) is 41.0 Å². The lowest BCUT2D eigenvalue weighted by molar-refractivity contribution is -0.142. The van der Waals surface area contributed by atoms with Crippen molar-refractivity contribution in [3.05, 3.63) is 0 Å². The monoisotopic (exact) mass is 266 g/mol. The quantitative estimate of drug-likeness (QED) is 0.499. The molecule has 102 valence electrons. The third-order valence-electron chi connectivity index (χ3n) is 1.64. The molecule has 0 aliphatic rings. The SMILES string of the molecule is CCOC(=O)CCP(=O)(OC(C)C)OC(C)C. The summed E-state index contributed by atoms with van der Waals surface area (Å²) in [6, 6.07) is 0. The van der Waals surface area contributed by atoms with E-state index in [2.05, 4.69) is 0 Å². The molecule has 17 heavy (non-hydrogen) atoms. The number of carbonyl (C=O) groups is 1. The van der Waals surface area contributed by atoms with Crippen molar-refractivity contribution in [1.82, 2.24) is 0 Å². The summed E-state index contributed by atoms with van der Waals surface area (Å²) < 4.78 is 27.7. The molecule has 0 saturated heterocycles. The van der Waals surface area contributed by atoms with Crippen molar-refractivity contribution in [3.8, 4) is 0 Å². The summed E-state index contributed by atoms with van der Waals surface area (Å²) in [5.41, 5.74) is 0. The predicted molar refractivity (Wildman–Crippen MR) is 66.2 cm³/mol. The van der Waals surface area contributed by atoms with E-state index >= 15 is 0 Å². The second-order valence-electron chi connectivity index (χ2n) is 4.20. The zero-order chi connectivity index (χ0) is 13.5. The van der Waals surface area contributed by atoms with Crippen molar-refractivity contribution >= 4 is 13.6 Å². The molecule has 0 spiro atoms. The molecule has 0 unspecified atom stereocenters. The van der Waals surface area contributed by atoms with Gasteiger partial charge in [-0.3, -0.25) is 9.36 Å². The van der Waals surface area contributed by atoms with Crippen LogP contribution in [0.4, 0.5) is 0 Å². The maximum Gasteiger partial charge on any atom is 0.331 e. The number of hydrogen-bond acceptors (Lipinski definition) is 5. The first-order chi connectivity index (χ1) is 7.79. The molecule has 0 N–H and O–H groups in total. The maximum atomic E-state index is 12.3. The van der Waals surface area contributed by atoms with E-state index in [1.165, 1.54) is 0 Å². The summed E-state index contributed by atoms with van der Waals surface area (Å²) in [6.45, 7) is 9.16. The molecule has 0 aliphatic carbocycles. The van der Waals surface area contributed by atoms with Crippen LogP contribution in [0.25, 0.3) is 0 Å². The van der Waals surface area contributed by atoms with Gasteiger partial charge in [-0.1, -0.05) is 0 Å². The Labute approximate surface area is 103 Å². The van der Waals surface area contributed by atoms with Gasteiger partial charge in [-0.05, 0) is 34.6 Å². The van der Waals surface area contributed by atoms with Gasteiger partial charge in [-0.2, -0.15) is 0 Å². The van der Waals surface area contributed by atoms with Crippen LogP contribution in [0.2, 0.25) is 0 Å². The maximum absolute atomic E-state index is 12.3. The van der Waals surface area contributed by atoms with E-state index in [9.17, 15) is 9.36 Å². The van der Waals surface area contributed by atoms with Crippen LogP contribution in [-0.2, 0) is 23.1 Å². The van der Waals surface area contributed by atoms with Crippen LogP contribution in [0.5, 0.6) is 0 Å². The number of esters is 1. The summed E-state index contributed by atoms with van der Waals surface area (Å²) in [6.07, 6.45) is -0.309. The van der Waals surface area contributed by atoms with Gasteiger partial charge in [0.25, 0.3) is 0 Å². The van der Waals surface area contributed by atoms with Crippen molar-refractivity contribution in [2.24, 2.45) is 0 Å². The smallest absolute Gasteiger partial charge is 0.331 e. The van der Waals surface area contributed by atoms with Gasteiger partial charge >= 0.3 is 13.6 Å². The molecule has 0 saturated carbocycles. The van der Waals surface area contributed by atoms with Crippen molar-refractivity contribution in [2.45, 2.75) is 53.2 Å². The van der Waals surface area contributed by atoms with E-state index in [1.54, 1.807) is 34.6 Å². The second kappa shape index (κ2) is 7.85. The van der Waals surface area contributed by atoms with Crippen molar-refractivity contribution in [2.75, 3.05) is 12.8 Å². The molecule has 0 aromatic rings. The Bertz CT molecular complexity index is 261. The summed E-state index contributed by atoms with van der Waals surface area (Å²) in [5.74, 6) is -0.382. The average molecular weight is 266 g/mol. The van der Waals surface area contributed by atoms with Crippen molar-refractivity contribution in [1.29, 1.82) is 0 Å². The fraction of sp³-hybridized carbons (Fsp3) is 0.909. The lowest BCUT2D eigenvalue weighted by atomic mass is 10.5. The minimum Gasteiger partial charge on any atom is -0.466 e. The third kappa shape index (κ3) is 8.36. The molecule has 6 heteroatoms. The summed E-state index contributed by atoms with van der Waals surface area (Å²) in [4.78, 5) is 11.2. The normalized spacial score (nSPS) is 12.2. The molecule has 0 radical (unpaired) electrons. The molecule has 0 fully saturated rings. The van der Waals surface area contributed by atoms with E-state index in [0.29, 0.717) is 6.61 Å². The molecule has 0 amide bonds. The first kappa shape index (κ1) is 16.6. The Balaban J connectivity index is 4.38. The fourth-order valence-corrected chi connectivity index (χ4v) is 3.24. The van der Waals surface area contributed by atoms with Gasteiger partial charge in [0.15, 0.2) is 0 Å². The Morgan fingerprint density at radius 2 is 1.59 bits per heavy atom. The van der Waals surface area contributed by atoms with Gasteiger partial charge in [-0.25, -0.2) is 0 Å². The fourth-order valence-electron chi connectivity index (χ4n) is 1.23. The Morgan fingerprint density at radius 3 is 1.94 bits per heavy atom. The molecule has 0 rings (SSSR count). The highest BCUT2D eigenvalue weighted by molar-refractivity contribution is 7.53. The molecular weight excluding hydrogens is 243 g/mol. The van der Waals surface area contributed by atoms with E-state index < -0.39 is 7.60 Å². The molecule has 0 atom stereocenters. The molecular formula is C11H23O5P. The highest BCUT2D eigenvalue weighted by Gasteiger charge is 2.28. The van der Waals surface area contributed by atoms with Gasteiger partial charge in [0, 0.05) is 0 Å². The molecule has 0 aromatic carbocycles. The Hall–Kier alpha value is -0.380. The first-order valence-electron chi connectivity index (χ1n) is 5.90. The summed E-state index contributed by atoms with van der Waals surface area (Å²) >= 11 is 0. The first-order valence-corrected chi connectivity index (χ1v) is 7.63. The third-order valence-corrected chi connectivity index (χ3v) is 3.89. The summed E-state index contributed by atoms with van der Waals surface area (Å²) in [7, 11) is -3.21. The highest BCUT2D eigenvalue weighted by Crippen LogP contribution is 2.50. The van der Waals surface area contributed by atoms with Crippen LogP contribution in [0.3, 0.4) is 0 Å². The number of hydrogen-bond donors (Lipinski definition) is 0. The molecule has 0 aromatic heterocycles. The Morgan fingerprint density at radius 1 is 1.12 bits per heavy atom. The van der Waals surface area contributed by atoms with Crippen LogP contribution in [0.15, 0.2) is 0 Å². The minimum atomic E-state index is -3.21. The van der Waals surface area contributed by atoms with E-state index in [1.807, 2.05) is 0 Å². The number of rotatable bonds is 8. The zero-order valence-corrected chi connectivity index (χ0v) is 12.2. The van der Waals surface area contributed by atoms with Gasteiger partial charge in [0.1, 0.15) is 0 Å². The largest absolute Gasteiger partial charge is 0.466 e. The van der Waals surface area contributed by atoms with Crippen LogP contribution < -0.4 is 0 Å². The van der Waals surface area contributed by atoms with E-state index in [0.717, 1.165) is 0 Å². The van der Waals surface area contributed by atoms with E-state index in [-0.39, 0.29) is 30.8 Å². The Kier molecular flexibility index (Phi) is 7.68. The molecule has 0 bridgehead atoms. The van der Waals surface area contributed by atoms with Gasteiger partial charge in [0.05, 0.1) is 31.4 Å². The average Bonchev–Trinajstić information content (AvgIpc) is 2.12. The topological polar surface area (TPSA) is 61.8 Å². The van der Waals surface area contributed by atoms with Crippen LogP contribution in [0, 0.1) is 0 Å². The number of carbonyl (C=O) groups excluding carboxylic acids is 1. The van der Waals surface area contributed by atoms with Crippen molar-refractivity contribution in [3.63, 3.8) is 0 Å². The molecule has 5 nitrogen and oxygen atoms in total. The van der Waals surface area contributed by atoms with Crippen LogP contribution >= 0.6 is 7.60 Å². The highest BCUT2D eigenvalue weighted by atomic mass is 31.2. The summed E-state index contributed by atoms with van der Waals surface area (Å²) in [5, 5.41) is 0. The second-order valence-corrected chi connectivity index (χ2v) is 6.29.